The third-order valence-corrected chi connectivity index (χ3v) is 4.69. The van der Waals surface area contributed by atoms with Crippen molar-refractivity contribution in [3.8, 4) is 0 Å². The lowest BCUT2D eigenvalue weighted by atomic mass is 10.1. The molecule has 2 N–H and O–H groups in total. The van der Waals surface area contributed by atoms with Gasteiger partial charge in [-0.2, -0.15) is 0 Å². The van der Waals surface area contributed by atoms with E-state index in [9.17, 15) is 0 Å². The average molecular weight is 415 g/mol. The summed E-state index contributed by atoms with van der Waals surface area (Å²) in [6, 6.07) is 6.19. The standard InChI is InChI=1S/C15H17Br2N3O/c16-10-1-2-12-13(7-10)14(17)9-20-15(12)19-5-6-21-11-3-4-18-8-11/h1-2,7,9,11,18H,3-6,8H2,(H,19,20). The van der Waals surface area contributed by atoms with E-state index in [-0.39, 0.29) is 0 Å². The van der Waals surface area contributed by atoms with Crippen LogP contribution in [0, 0.1) is 0 Å². The average Bonchev–Trinajstić information content (AvgIpc) is 2.99. The first-order chi connectivity index (χ1) is 10.2. The number of ether oxygens (including phenoxy) is 1. The van der Waals surface area contributed by atoms with Crippen molar-refractivity contribution in [3.63, 3.8) is 0 Å². The number of fused-ring (bicyclic) bond motifs is 1. The molecule has 1 aromatic carbocycles. The summed E-state index contributed by atoms with van der Waals surface area (Å²) < 4.78 is 7.87. The Bertz CT molecular complexity index is 630. The van der Waals surface area contributed by atoms with Gasteiger partial charge < -0.3 is 15.4 Å². The van der Waals surface area contributed by atoms with Gasteiger partial charge in [0.25, 0.3) is 0 Å². The lowest BCUT2D eigenvalue weighted by molar-refractivity contribution is 0.0748. The van der Waals surface area contributed by atoms with Gasteiger partial charge in [-0.1, -0.05) is 15.9 Å². The number of benzene rings is 1. The Morgan fingerprint density at radius 1 is 1.33 bits per heavy atom. The van der Waals surface area contributed by atoms with Crippen molar-refractivity contribution in [3.05, 3.63) is 33.3 Å². The quantitative estimate of drug-likeness (QED) is 0.734. The van der Waals surface area contributed by atoms with Gasteiger partial charge in [-0.25, -0.2) is 4.98 Å². The Labute approximate surface area is 140 Å². The molecule has 1 aliphatic heterocycles. The second-order valence-corrected chi connectivity index (χ2v) is 6.83. The van der Waals surface area contributed by atoms with Crippen LogP contribution >= 0.6 is 31.9 Å². The molecule has 21 heavy (non-hydrogen) atoms. The number of aromatic nitrogens is 1. The van der Waals surface area contributed by atoms with Crippen LogP contribution in [0.5, 0.6) is 0 Å². The lowest BCUT2D eigenvalue weighted by Crippen LogP contribution is -2.20. The summed E-state index contributed by atoms with van der Waals surface area (Å²) in [5, 5.41) is 8.91. The van der Waals surface area contributed by atoms with E-state index in [1.54, 1.807) is 0 Å². The van der Waals surface area contributed by atoms with Gasteiger partial charge in [0, 0.05) is 39.0 Å². The van der Waals surface area contributed by atoms with Crippen LogP contribution in [0.15, 0.2) is 33.3 Å². The van der Waals surface area contributed by atoms with E-state index in [0.29, 0.717) is 12.7 Å². The first-order valence-electron chi connectivity index (χ1n) is 7.04. The zero-order valence-corrected chi connectivity index (χ0v) is 14.7. The molecule has 2 heterocycles. The van der Waals surface area contributed by atoms with Crippen molar-refractivity contribution in [2.45, 2.75) is 12.5 Å². The zero-order chi connectivity index (χ0) is 14.7. The van der Waals surface area contributed by atoms with Crippen LogP contribution in [0.25, 0.3) is 10.8 Å². The summed E-state index contributed by atoms with van der Waals surface area (Å²) in [7, 11) is 0. The molecule has 0 bridgehead atoms. The number of pyridine rings is 1. The predicted octanol–water partition coefficient (Wildman–Crippen LogP) is 3.55. The maximum Gasteiger partial charge on any atom is 0.133 e. The monoisotopic (exact) mass is 413 g/mol. The molecular weight excluding hydrogens is 398 g/mol. The van der Waals surface area contributed by atoms with E-state index >= 15 is 0 Å². The molecule has 1 atom stereocenters. The minimum Gasteiger partial charge on any atom is -0.375 e. The van der Waals surface area contributed by atoms with Crippen LogP contribution in [0.4, 0.5) is 5.82 Å². The Morgan fingerprint density at radius 3 is 3.05 bits per heavy atom. The van der Waals surface area contributed by atoms with Crippen molar-refractivity contribution >= 4 is 48.5 Å². The molecule has 6 heteroatoms. The van der Waals surface area contributed by atoms with Crippen molar-refractivity contribution in [2.75, 3.05) is 31.6 Å². The molecule has 1 unspecified atom stereocenters. The van der Waals surface area contributed by atoms with Crippen LogP contribution in [0.2, 0.25) is 0 Å². The topological polar surface area (TPSA) is 46.2 Å². The number of halogens is 2. The summed E-state index contributed by atoms with van der Waals surface area (Å²) in [5.74, 6) is 0.897. The molecule has 1 saturated heterocycles. The molecule has 1 aliphatic rings. The second-order valence-electron chi connectivity index (χ2n) is 5.06. The van der Waals surface area contributed by atoms with Gasteiger partial charge >= 0.3 is 0 Å². The molecule has 3 rings (SSSR count). The molecule has 0 amide bonds. The van der Waals surface area contributed by atoms with E-state index < -0.39 is 0 Å². The molecule has 4 nitrogen and oxygen atoms in total. The van der Waals surface area contributed by atoms with Gasteiger partial charge in [0.1, 0.15) is 5.82 Å². The minimum absolute atomic E-state index is 0.359. The Kier molecular flexibility index (Phi) is 5.11. The molecule has 0 aliphatic carbocycles. The van der Waals surface area contributed by atoms with Crippen molar-refractivity contribution in [2.24, 2.45) is 0 Å². The molecular formula is C15H17Br2N3O. The Balaban J connectivity index is 1.65. The first kappa shape index (κ1) is 15.2. The third kappa shape index (κ3) is 3.74. The van der Waals surface area contributed by atoms with E-state index in [4.69, 9.17) is 4.74 Å². The van der Waals surface area contributed by atoms with Gasteiger partial charge in [-0.3, -0.25) is 0 Å². The predicted molar refractivity (Wildman–Crippen MR) is 92.9 cm³/mol. The van der Waals surface area contributed by atoms with Crippen molar-refractivity contribution < 1.29 is 4.74 Å². The molecule has 0 spiro atoms. The Morgan fingerprint density at radius 2 is 2.24 bits per heavy atom. The van der Waals surface area contributed by atoms with Gasteiger partial charge in [0.2, 0.25) is 0 Å². The van der Waals surface area contributed by atoms with E-state index in [1.165, 1.54) is 0 Å². The summed E-state index contributed by atoms with van der Waals surface area (Å²) >= 11 is 7.05. The molecule has 112 valence electrons. The van der Waals surface area contributed by atoms with Crippen LogP contribution in [-0.2, 0) is 4.74 Å². The summed E-state index contributed by atoms with van der Waals surface area (Å²) in [5.41, 5.74) is 0. The summed E-state index contributed by atoms with van der Waals surface area (Å²) in [6.45, 7) is 3.48. The number of nitrogens with one attached hydrogen (secondary N) is 2. The van der Waals surface area contributed by atoms with E-state index in [0.717, 1.165) is 51.6 Å². The fourth-order valence-corrected chi connectivity index (χ4v) is 3.28. The van der Waals surface area contributed by atoms with Crippen LogP contribution < -0.4 is 10.6 Å². The van der Waals surface area contributed by atoms with Crippen LogP contribution in [0.1, 0.15) is 6.42 Å². The van der Waals surface area contributed by atoms with Crippen molar-refractivity contribution in [1.29, 1.82) is 0 Å². The number of rotatable bonds is 5. The highest BCUT2D eigenvalue weighted by atomic mass is 79.9. The smallest absolute Gasteiger partial charge is 0.133 e. The van der Waals surface area contributed by atoms with Gasteiger partial charge in [0.05, 0.1) is 12.7 Å². The third-order valence-electron chi connectivity index (χ3n) is 3.56. The number of nitrogens with zero attached hydrogens (tertiary/aromatic N) is 1. The zero-order valence-electron chi connectivity index (χ0n) is 11.5. The maximum atomic E-state index is 5.81. The van der Waals surface area contributed by atoms with Gasteiger partial charge in [0.15, 0.2) is 0 Å². The van der Waals surface area contributed by atoms with Gasteiger partial charge in [-0.15, -0.1) is 0 Å². The molecule has 0 radical (unpaired) electrons. The fraction of sp³-hybridized carbons (Fsp3) is 0.400. The SMILES string of the molecule is Brc1ccc2c(NCCOC3CCNC3)ncc(Br)c2c1. The van der Waals surface area contributed by atoms with E-state index in [2.05, 4.69) is 59.6 Å². The number of hydrogen-bond acceptors (Lipinski definition) is 4. The first-order valence-corrected chi connectivity index (χ1v) is 8.62. The lowest BCUT2D eigenvalue weighted by Gasteiger charge is -2.13. The normalized spacial score (nSPS) is 18.3. The minimum atomic E-state index is 0.359. The Hall–Kier alpha value is -0.690. The number of anilines is 1. The second kappa shape index (κ2) is 7.05. The molecule has 1 fully saturated rings. The van der Waals surface area contributed by atoms with Crippen molar-refractivity contribution in [1.82, 2.24) is 10.3 Å². The van der Waals surface area contributed by atoms with Crippen LogP contribution in [0.3, 0.4) is 0 Å². The van der Waals surface area contributed by atoms with Crippen LogP contribution in [-0.4, -0.2) is 37.3 Å². The number of hydrogen-bond donors (Lipinski definition) is 2. The van der Waals surface area contributed by atoms with Gasteiger partial charge in [-0.05, 0) is 47.1 Å². The van der Waals surface area contributed by atoms with E-state index in [1.807, 2.05) is 12.3 Å². The fourth-order valence-electron chi connectivity index (χ4n) is 2.49. The highest BCUT2D eigenvalue weighted by Gasteiger charge is 2.14. The largest absolute Gasteiger partial charge is 0.375 e. The molecule has 0 saturated carbocycles. The summed E-state index contributed by atoms with van der Waals surface area (Å²) in [4.78, 5) is 4.46. The maximum absolute atomic E-state index is 5.81. The molecule has 1 aromatic heterocycles. The molecule has 2 aromatic rings. The highest BCUT2D eigenvalue weighted by Crippen LogP contribution is 2.30. The highest BCUT2D eigenvalue weighted by molar-refractivity contribution is 9.11. The summed E-state index contributed by atoms with van der Waals surface area (Å²) in [6.07, 6.45) is 3.30.